The zero-order valence-corrected chi connectivity index (χ0v) is 52.0. The van der Waals surface area contributed by atoms with Gasteiger partial charge in [0.05, 0.1) is 29.5 Å². The zero-order valence-electron chi connectivity index (χ0n) is 49.5. The van der Waals surface area contributed by atoms with Crippen molar-refractivity contribution < 1.29 is 8.83 Å². The molecule has 0 radical (unpaired) electrons. The van der Waals surface area contributed by atoms with Gasteiger partial charge in [-0.2, -0.15) is 11.3 Å². The van der Waals surface area contributed by atoms with E-state index in [0.717, 1.165) is 28.7 Å². The number of thiazole rings is 1. The first-order valence-corrected chi connectivity index (χ1v) is 29.5. The maximum Gasteiger partial charge on any atom is 0.130 e. The van der Waals surface area contributed by atoms with E-state index in [-0.39, 0.29) is 0 Å². The highest BCUT2D eigenvalue weighted by atomic mass is 32.1. The Morgan fingerprint density at radius 1 is 0.429 bits per heavy atom. The number of nitrogens with zero attached hydrogens (tertiary/aromatic N) is 7. The molecule has 0 amide bonds. The lowest BCUT2D eigenvalue weighted by Crippen LogP contribution is -1.95. The van der Waals surface area contributed by atoms with Gasteiger partial charge in [0.25, 0.3) is 0 Å². The van der Waals surface area contributed by atoms with Gasteiger partial charge >= 0.3 is 0 Å². The second-order valence-electron chi connectivity index (χ2n) is 20.4. The first-order chi connectivity index (χ1) is 36.6. The summed E-state index contributed by atoms with van der Waals surface area (Å²) in [5, 5.41) is 9.68. The first-order valence-electron chi connectivity index (χ1n) is 26.8. The second-order valence-corrected chi connectivity index (χ2v) is 23.1. The van der Waals surface area contributed by atoms with Gasteiger partial charge in [0.1, 0.15) is 17.4 Å². The standard InChI is InChI=1S/C8H12N2.C8H11N.2C7H10N2.2C7H10O.2C7H10S.C6H9NS/c1-6(2)7-4-3-5-8(9)10-7;1-7(2)8-5-3-4-6-9-8;1-6(2)7-5-8-3-4-9-7;1-6(2)7-8-4-3-5-9-7;1-6(2)7-3-4-8-5-7;1-6(2)7-4-3-5-8-7;1-6(2)7-3-4-8-5-7;1-6(2)7-4-3-5-8-7;1-5(2)6-7-3-4-8-6/h3-6H,1-2H3,(H2,9,10);3-7H,1-2H3;2*3-6H,1-2H3;4*3-6H,1-2H3;3-5H,1-2H3. The normalized spacial score (nSPS) is 10.3. The smallest absolute Gasteiger partial charge is 0.130 e. The third-order valence-corrected chi connectivity index (χ3v) is 13.5. The molecule has 10 nitrogen and oxygen atoms in total. The van der Waals surface area contributed by atoms with Gasteiger partial charge in [0.2, 0.25) is 0 Å². The number of aromatic nitrogens is 7. The van der Waals surface area contributed by atoms with Crippen molar-refractivity contribution in [3.05, 3.63) is 212 Å². The summed E-state index contributed by atoms with van der Waals surface area (Å²) in [5.74, 6) is 7.61. The number of nitrogen functional groups attached to an aromatic ring is 1. The lowest BCUT2D eigenvalue weighted by atomic mass is 10.1. The van der Waals surface area contributed by atoms with Crippen LogP contribution in [0.4, 0.5) is 5.82 Å². The van der Waals surface area contributed by atoms with E-state index in [1.54, 1.807) is 78.5 Å². The van der Waals surface area contributed by atoms with Crippen molar-refractivity contribution in [2.75, 3.05) is 5.73 Å². The van der Waals surface area contributed by atoms with Crippen molar-refractivity contribution in [2.24, 2.45) is 0 Å². The van der Waals surface area contributed by atoms with Crippen LogP contribution in [0.15, 0.2) is 171 Å². The van der Waals surface area contributed by atoms with Crippen LogP contribution in [-0.2, 0) is 0 Å². The summed E-state index contributed by atoms with van der Waals surface area (Å²) < 4.78 is 9.97. The highest BCUT2D eigenvalue weighted by molar-refractivity contribution is 7.10. The Bertz CT molecular complexity index is 2290. The highest BCUT2D eigenvalue weighted by Gasteiger charge is 2.02. The van der Waals surface area contributed by atoms with Crippen molar-refractivity contribution >= 4 is 39.8 Å². The van der Waals surface area contributed by atoms with Crippen LogP contribution >= 0.6 is 34.0 Å². The number of hydrogen-bond acceptors (Lipinski definition) is 13. The van der Waals surface area contributed by atoms with Crippen molar-refractivity contribution in [3.8, 4) is 0 Å². The summed E-state index contributed by atoms with van der Waals surface area (Å²) >= 11 is 5.32. The van der Waals surface area contributed by atoms with Gasteiger partial charge < -0.3 is 14.6 Å². The zero-order chi connectivity index (χ0) is 57.5. The maximum absolute atomic E-state index is 5.49. The minimum absolute atomic E-state index is 0.436. The van der Waals surface area contributed by atoms with Gasteiger partial charge in [-0.3, -0.25) is 15.0 Å². The SMILES string of the molecule is CC(C)c1cccc(N)n1.CC(C)c1ccccn1.CC(C)c1ccco1.CC(C)c1cccs1.CC(C)c1ccoc1.CC(C)c1ccsc1.CC(C)c1cnccn1.CC(C)c1ncccn1.CC(C)c1nccs1. The molecular formula is C64H92N8O2S3. The van der Waals surface area contributed by atoms with Gasteiger partial charge in [-0.1, -0.05) is 143 Å². The van der Waals surface area contributed by atoms with E-state index in [2.05, 4.69) is 194 Å². The number of nitrogens with two attached hydrogens (primary N) is 1. The van der Waals surface area contributed by atoms with Gasteiger partial charge in [-0.05, 0) is 123 Å². The Hall–Kier alpha value is -6.15. The van der Waals surface area contributed by atoms with Crippen molar-refractivity contribution in [2.45, 2.75) is 178 Å². The molecule has 9 heterocycles. The second kappa shape index (κ2) is 41.0. The van der Waals surface area contributed by atoms with E-state index < -0.39 is 0 Å². The Morgan fingerprint density at radius 3 is 1.38 bits per heavy atom. The van der Waals surface area contributed by atoms with Gasteiger partial charge in [0, 0.05) is 82.8 Å². The molecule has 0 aliphatic heterocycles. The number of furan rings is 2. The molecule has 0 aliphatic carbocycles. The van der Waals surface area contributed by atoms with Crippen LogP contribution in [0.1, 0.15) is 228 Å². The van der Waals surface area contributed by atoms with Crippen molar-refractivity contribution in [1.82, 2.24) is 34.9 Å². The average molecular weight is 1100 g/mol. The Morgan fingerprint density at radius 2 is 1.08 bits per heavy atom. The molecule has 0 aliphatic rings. The van der Waals surface area contributed by atoms with E-state index >= 15 is 0 Å². The largest absolute Gasteiger partial charge is 0.472 e. The molecule has 0 saturated carbocycles. The first kappa shape index (κ1) is 68.9. The molecule has 0 spiro atoms. The molecule has 0 unspecified atom stereocenters. The monoisotopic (exact) mass is 1100 g/mol. The molecule has 0 atom stereocenters. The Labute approximate surface area is 476 Å². The van der Waals surface area contributed by atoms with Crippen LogP contribution in [0, 0.1) is 0 Å². The van der Waals surface area contributed by atoms with Gasteiger partial charge in [-0.25, -0.2) is 19.9 Å². The fourth-order valence-electron chi connectivity index (χ4n) is 5.69. The Kier molecular flexibility index (Phi) is 36.7. The van der Waals surface area contributed by atoms with Crippen molar-refractivity contribution in [3.63, 3.8) is 0 Å². The number of pyridine rings is 2. The topological polar surface area (TPSA) is 143 Å². The van der Waals surface area contributed by atoms with Crippen molar-refractivity contribution in [1.29, 1.82) is 0 Å². The summed E-state index contributed by atoms with van der Waals surface area (Å²) in [6, 6.07) is 25.9. The lowest BCUT2D eigenvalue weighted by Gasteiger charge is -2.02. The molecule has 2 N–H and O–H groups in total. The molecule has 0 aromatic carbocycles. The minimum Gasteiger partial charge on any atom is -0.472 e. The summed E-state index contributed by atoms with van der Waals surface area (Å²) in [7, 11) is 0. The molecule has 13 heteroatoms. The number of thiophene rings is 2. The van der Waals surface area contributed by atoms with E-state index in [0.29, 0.717) is 59.1 Å². The highest BCUT2D eigenvalue weighted by Crippen LogP contribution is 2.20. The van der Waals surface area contributed by atoms with Crippen LogP contribution in [-0.4, -0.2) is 34.9 Å². The summed E-state index contributed by atoms with van der Waals surface area (Å²) in [6.07, 6.45) is 17.6. The minimum atomic E-state index is 0.436. The van der Waals surface area contributed by atoms with E-state index in [9.17, 15) is 0 Å². The third kappa shape index (κ3) is 32.9. The number of rotatable bonds is 9. The molecule has 77 heavy (non-hydrogen) atoms. The quantitative estimate of drug-likeness (QED) is 0.148. The summed E-state index contributed by atoms with van der Waals surface area (Å²) in [6.45, 7) is 38.5. The molecule has 9 aromatic rings. The molecule has 0 bridgehead atoms. The van der Waals surface area contributed by atoms with Crippen LogP contribution < -0.4 is 5.73 Å². The van der Waals surface area contributed by atoms with E-state index in [4.69, 9.17) is 14.6 Å². The fourth-order valence-corrected chi connectivity index (χ4v) is 7.91. The predicted molar refractivity (Wildman–Crippen MR) is 332 cm³/mol. The fraction of sp³-hybridized carbons (Fsp3) is 0.422. The van der Waals surface area contributed by atoms with Gasteiger partial charge in [-0.15, -0.1) is 22.7 Å². The Balaban J connectivity index is 0.000000434. The van der Waals surface area contributed by atoms with E-state index in [1.165, 1.54) is 21.0 Å². The molecule has 9 rings (SSSR count). The van der Waals surface area contributed by atoms with Crippen LogP contribution in [0.25, 0.3) is 0 Å². The summed E-state index contributed by atoms with van der Waals surface area (Å²) in [4.78, 5) is 30.1. The van der Waals surface area contributed by atoms with Crippen LogP contribution in [0.3, 0.4) is 0 Å². The third-order valence-electron chi connectivity index (χ3n) is 10.5. The maximum atomic E-state index is 5.49. The van der Waals surface area contributed by atoms with Crippen LogP contribution in [0.5, 0.6) is 0 Å². The molecule has 0 fully saturated rings. The number of hydrogen-bond donors (Lipinski definition) is 1. The van der Waals surface area contributed by atoms with Crippen LogP contribution in [0.2, 0.25) is 0 Å². The lowest BCUT2D eigenvalue weighted by molar-refractivity contribution is 0.487. The predicted octanol–water partition coefficient (Wildman–Crippen LogP) is 20.0. The molecule has 418 valence electrons. The molecule has 0 saturated heterocycles. The summed E-state index contributed by atoms with van der Waals surface area (Å²) in [5.41, 5.74) is 11.5. The average Bonchev–Trinajstić information content (AvgIpc) is 4.28. The molecular weight excluding hydrogens is 1010 g/mol. The van der Waals surface area contributed by atoms with E-state index in [1.807, 2.05) is 83.7 Å². The van der Waals surface area contributed by atoms with Gasteiger partial charge in [0.15, 0.2) is 0 Å². The molecule has 9 aromatic heterocycles. The number of anilines is 1.